The number of nitrogens with one attached hydrogen (secondary N) is 1. The Hall–Kier alpha value is 0.110. The van der Waals surface area contributed by atoms with Gasteiger partial charge in [-0.15, -0.1) is 11.6 Å². The van der Waals surface area contributed by atoms with Crippen molar-refractivity contribution in [2.24, 2.45) is 0 Å². The molecule has 0 rings (SSSR count). The SMILES string of the molecule is O=C(S)NCCCCl. The van der Waals surface area contributed by atoms with Crippen LogP contribution in [-0.2, 0) is 0 Å². The second kappa shape index (κ2) is 5.25. The average Bonchev–Trinajstić information content (AvgIpc) is 1.66. The third-order valence-corrected chi connectivity index (χ3v) is 1.01. The number of amides is 1. The lowest BCUT2D eigenvalue weighted by molar-refractivity contribution is 0.261. The number of thiol groups is 1. The Labute approximate surface area is 59.0 Å². The van der Waals surface area contributed by atoms with E-state index in [9.17, 15) is 4.79 Å². The van der Waals surface area contributed by atoms with Gasteiger partial charge in [-0.25, -0.2) is 0 Å². The summed E-state index contributed by atoms with van der Waals surface area (Å²) >= 11 is 8.79. The number of rotatable bonds is 3. The maximum atomic E-state index is 10.0. The van der Waals surface area contributed by atoms with E-state index in [1.807, 2.05) is 0 Å². The van der Waals surface area contributed by atoms with E-state index in [4.69, 9.17) is 11.6 Å². The van der Waals surface area contributed by atoms with Crippen LogP contribution in [-0.4, -0.2) is 17.7 Å². The molecule has 0 unspecified atom stereocenters. The maximum Gasteiger partial charge on any atom is 0.275 e. The lowest BCUT2D eigenvalue weighted by atomic mass is 10.5. The van der Waals surface area contributed by atoms with Gasteiger partial charge in [0, 0.05) is 12.4 Å². The number of halogens is 1. The van der Waals surface area contributed by atoms with Crippen LogP contribution in [0.1, 0.15) is 6.42 Å². The molecule has 0 aromatic carbocycles. The van der Waals surface area contributed by atoms with E-state index in [-0.39, 0.29) is 5.24 Å². The molecule has 8 heavy (non-hydrogen) atoms. The largest absolute Gasteiger partial charge is 0.347 e. The first-order chi connectivity index (χ1) is 3.77. The fourth-order valence-electron chi connectivity index (χ4n) is 0.262. The van der Waals surface area contributed by atoms with Gasteiger partial charge in [-0.2, -0.15) is 0 Å². The zero-order chi connectivity index (χ0) is 6.41. The predicted octanol–water partition coefficient (Wildman–Crippen LogP) is 1.25. The Balaban J connectivity index is 2.82. The van der Waals surface area contributed by atoms with Gasteiger partial charge in [-0.05, 0) is 6.42 Å². The van der Waals surface area contributed by atoms with Crippen molar-refractivity contribution in [3.8, 4) is 0 Å². The summed E-state index contributed by atoms with van der Waals surface area (Å²) in [5.74, 6) is 0.577. The summed E-state index contributed by atoms with van der Waals surface area (Å²) in [5, 5.41) is 2.19. The summed E-state index contributed by atoms with van der Waals surface area (Å²) in [6, 6.07) is 0. The fraction of sp³-hybridized carbons (Fsp3) is 0.750. The molecule has 0 saturated heterocycles. The molecule has 0 heterocycles. The van der Waals surface area contributed by atoms with E-state index in [0.717, 1.165) is 6.42 Å². The molecule has 1 N–H and O–H groups in total. The van der Waals surface area contributed by atoms with Gasteiger partial charge in [-0.1, -0.05) is 12.6 Å². The van der Waals surface area contributed by atoms with Crippen molar-refractivity contribution < 1.29 is 4.79 Å². The highest BCUT2D eigenvalue weighted by Gasteiger charge is 1.87. The Kier molecular flexibility index (Phi) is 5.32. The third kappa shape index (κ3) is 6.11. The standard InChI is InChI=1S/C4H8ClNOS/c5-2-1-3-6-4(7)8/h1-3H2,(H2,6,7,8). The molecule has 0 fully saturated rings. The van der Waals surface area contributed by atoms with Crippen molar-refractivity contribution >= 4 is 29.5 Å². The van der Waals surface area contributed by atoms with E-state index < -0.39 is 0 Å². The molecular weight excluding hydrogens is 146 g/mol. The zero-order valence-electron chi connectivity index (χ0n) is 4.35. The van der Waals surface area contributed by atoms with E-state index >= 15 is 0 Å². The Morgan fingerprint density at radius 1 is 1.75 bits per heavy atom. The first-order valence-corrected chi connectivity index (χ1v) is 3.28. The molecule has 1 amide bonds. The topological polar surface area (TPSA) is 29.1 Å². The number of alkyl halides is 1. The summed E-state index contributed by atoms with van der Waals surface area (Å²) in [4.78, 5) is 10.0. The van der Waals surface area contributed by atoms with Gasteiger partial charge in [0.15, 0.2) is 0 Å². The predicted molar refractivity (Wildman–Crippen MR) is 37.7 cm³/mol. The molecule has 0 atom stereocenters. The van der Waals surface area contributed by atoms with Crippen LogP contribution < -0.4 is 5.32 Å². The monoisotopic (exact) mass is 153 g/mol. The van der Waals surface area contributed by atoms with Gasteiger partial charge in [0.05, 0.1) is 0 Å². The number of hydrogen-bond donors (Lipinski definition) is 2. The molecule has 0 aliphatic heterocycles. The molecule has 0 aliphatic rings. The molecule has 0 saturated carbocycles. The highest BCUT2D eigenvalue weighted by molar-refractivity contribution is 7.96. The third-order valence-electron chi connectivity index (χ3n) is 0.587. The molecule has 2 nitrogen and oxygen atoms in total. The second-order valence-electron chi connectivity index (χ2n) is 1.27. The molecule has 0 bridgehead atoms. The van der Waals surface area contributed by atoms with Crippen LogP contribution in [0, 0.1) is 0 Å². The molecular formula is C4H8ClNOS. The van der Waals surface area contributed by atoms with Gasteiger partial charge in [-0.3, -0.25) is 4.79 Å². The van der Waals surface area contributed by atoms with Crippen molar-refractivity contribution in [3.05, 3.63) is 0 Å². The number of carbonyl (C=O) groups excluding carboxylic acids is 1. The second-order valence-corrected chi connectivity index (χ2v) is 2.06. The summed E-state index contributed by atoms with van der Waals surface area (Å²) in [6.45, 7) is 0.617. The first kappa shape index (κ1) is 8.11. The lowest BCUT2D eigenvalue weighted by Gasteiger charge is -1.94. The van der Waals surface area contributed by atoms with Crippen LogP contribution in [0.4, 0.5) is 4.79 Å². The summed E-state index contributed by atoms with van der Waals surface area (Å²) in [7, 11) is 0. The van der Waals surface area contributed by atoms with Crippen LogP contribution in [0.5, 0.6) is 0 Å². The molecule has 0 radical (unpaired) electrons. The minimum atomic E-state index is -0.296. The quantitative estimate of drug-likeness (QED) is 0.357. The Morgan fingerprint density at radius 3 is 2.75 bits per heavy atom. The van der Waals surface area contributed by atoms with Crippen LogP contribution in [0.15, 0.2) is 0 Å². The molecule has 0 aromatic heterocycles. The van der Waals surface area contributed by atoms with Crippen LogP contribution in [0.25, 0.3) is 0 Å². The molecule has 0 aromatic rings. The molecule has 4 heteroatoms. The number of carbonyl (C=O) groups is 1. The maximum absolute atomic E-state index is 10.0. The van der Waals surface area contributed by atoms with Crippen LogP contribution >= 0.6 is 24.2 Å². The molecule has 0 spiro atoms. The summed E-state index contributed by atoms with van der Waals surface area (Å²) < 4.78 is 0. The Bertz CT molecular complexity index is 78.4. The normalized spacial score (nSPS) is 8.75. The van der Waals surface area contributed by atoms with E-state index in [2.05, 4.69) is 17.9 Å². The minimum Gasteiger partial charge on any atom is -0.347 e. The highest BCUT2D eigenvalue weighted by Crippen LogP contribution is 1.82. The number of hydrogen-bond acceptors (Lipinski definition) is 1. The van der Waals surface area contributed by atoms with Crippen LogP contribution in [0.3, 0.4) is 0 Å². The lowest BCUT2D eigenvalue weighted by Crippen LogP contribution is -2.17. The highest BCUT2D eigenvalue weighted by atomic mass is 35.5. The van der Waals surface area contributed by atoms with Gasteiger partial charge in [0.25, 0.3) is 5.24 Å². The summed E-state index contributed by atoms with van der Waals surface area (Å²) in [6.07, 6.45) is 0.799. The molecule has 0 aliphatic carbocycles. The van der Waals surface area contributed by atoms with Crippen molar-refractivity contribution in [3.63, 3.8) is 0 Å². The molecule has 48 valence electrons. The smallest absolute Gasteiger partial charge is 0.275 e. The van der Waals surface area contributed by atoms with Crippen LogP contribution in [0.2, 0.25) is 0 Å². The van der Waals surface area contributed by atoms with Crippen molar-refractivity contribution in [1.82, 2.24) is 5.32 Å². The van der Waals surface area contributed by atoms with Crippen molar-refractivity contribution in [1.29, 1.82) is 0 Å². The first-order valence-electron chi connectivity index (χ1n) is 2.30. The minimum absolute atomic E-state index is 0.296. The van der Waals surface area contributed by atoms with Gasteiger partial charge >= 0.3 is 0 Å². The van der Waals surface area contributed by atoms with E-state index in [1.54, 1.807) is 0 Å². The fourth-order valence-corrected chi connectivity index (χ4v) is 0.508. The van der Waals surface area contributed by atoms with Gasteiger partial charge in [0.1, 0.15) is 0 Å². The Morgan fingerprint density at radius 2 is 2.38 bits per heavy atom. The summed E-state index contributed by atoms with van der Waals surface area (Å²) in [5.41, 5.74) is 0. The van der Waals surface area contributed by atoms with E-state index in [0.29, 0.717) is 12.4 Å². The van der Waals surface area contributed by atoms with Gasteiger partial charge in [0.2, 0.25) is 0 Å². The van der Waals surface area contributed by atoms with Crippen molar-refractivity contribution in [2.75, 3.05) is 12.4 Å². The zero-order valence-corrected chi connectivity index (χ0v) is 6.01. The van der Waals surface area contributed by atoms with E-state index in [1.165, 1.54) is 0 Å². The van der Waals surface area contributed by atoms with Gasteiger partial charge < -0.3 is 5.32 Å². The average molecular weight is 154 g/mol. The van der Waals surface area contributed by atoms with Crippen molar-refractivity contribution in [2.45, 2.75) is 6.42 Å².